The van der Waals surface area contributed by atoms with Crippen molar-refractivity contribution < 1.29 is 32.3 Å². The van der Waals surface area contributed by atoms with E-state index in [1.54, 1.807) is 13.1 Å². The van der Waals surface area contributed by atoms with Gasteiger partial charge in [0.1, 0.15) is 11.6 Å². The summed E-state index contributed by atoms with van der Waals surface area (Å²) in [6.07, 6.45) is 7.70. The van der Waals surface area contributed by atoms with Crippen LogP contribution in [0.15, 0.2) is 52.0 Å². The first-order valence-corrected chi connectivity index (χ1v) is 17.7. The molecule has 14 heteroatoms. The van der Waals surface area contributed by atoms with Crippen LogP contribution in [-0.2, 0) is 11.0 Å². The summed E-state index contributed by atoms with van der Waals surface area (Å²) < 4.78 is 54.6. The molecular formula is C35H42ClF4N5O3S. The minimum absolute atomic E-state index is 0.168. The highest BCUT2D eigenvalue weighted by atomic mass is 35.5. The van der Waals surface area contributed by atoms with Crippen molar-refractivity contribution in [3.8, 4) is 0 Å². The number of halogens is 5. The lowest BCUT2D eigenvalue weighted by molar-refractivity contribution is -0.142. The summed E-state index contributed by atoms with van der Waals surface area (Å²) in [5.41, 5.74) is 0.140. The topological polar surface area (TPSA) is 98.1 Å². The van der Waals surface area contributed by atoms with Gasteiger partial charge in [-0.1, -0.05) is 43.0 Å². The molecule has 5 rings (SSSR count). The van der Waals surface area contributed by atoms with E-state index in [1.807, 2.05) is 4.90 Å². The van der Waals surface area contributed by atoms with Crippen LogP contribution in [0.1, 0.15) is 72.9 Å². The fraction of sp³-hybridized carbons (Fsp3) is 0.486. The lowest BCUT2D eigenvalue weighted by Gasteiger charge is -2.36. The van der Waals surface area contributed by atoms with E-state index in [1.165, 1.54) is 62.2 Å². The molecule has 3 aliphatic rings. The van der Waals surface area contributed by atoms with E-state index in [2.05, 4.69) is 33.0 Å². The molecule has 2 aliphatic heterocycles. The van der Waals surface area contributed by atoms with Crippen LogP contribution >= 0.6 is 23.4 Å². The zero-order valence-electron chi connectivity index (χ0n) is 27.4. The number of aliphatic imine (C=N–C) groups is 1. The van der Waals surface area contributed by atoms with E-state index >= 15 is 0 Å². The van der Waals surface area contributed by atoms with Crippen molar-refractivity contribution in [3.05, 3.63) is 74.5 Å². The fourth-order valence-electron chi connectivity index (χ4n) is 6.42. The number of carboxylic acids is 1. The zero-order valence-corrected chi connectivity index (χ0v) is 29.0. The Hall–Kier alpha value is -3.26. The monoisotopic (exact) mass is 723 g/mol. The number of carbonyl (C=O) groups is 2. The van der Waals surface area contributed by atoms with E-state index in [0.717, 1.165) is 31.1 Å². The standard InChI is InChI=1S/C23H29F4N3S.C12H13ClN2O3/c1-28-15-31-22(16-11-13-30(14-12-16)17-7-4-3-5-8-17)21(29-2)18-9-6-10-19(20(18)24)23(25,26)27;13-10-5-8(7-16)6-14-11(10)15-3-1-9(2-4-15)12(17)18/h6,9-11,17,28H,2-5,7-8,12-15H2,1H3;5-7,9H,1-4H2,(H,17,18)/b22-21-;. The average molecular weight is 724 g/mol. The Morgan fingerprint density at radius 1 is 1.18 bits per heavy atom. The number of aromatic nitrogens is 1. The number of nitrogens with one attached hydrogen (secondary N) is 1. The summed E-state index contributed by atoms with van der Waals surface area (Å²) in [5.74, 6) is -1.19. The minimum Gasteiger partial charge on any atom is -0.481 e. The average Bonchev–Trinajstić information content (AvgIpc) is 3.10. The third kappa shape index (κ3) is 10.1. The summed E-state index contributed by atoms with van der Waals surface area (Å²) >= 11 is 7.48. The number of aldehydes is 1. The van der Waals surface area contributed by atoms with Gasteiger partial charge >= 0.3 is 12.1 Å². The molecule has 8 nitrogen and oxygen atoms in total. The lowest BCUT2D eigenvalue weighted by Crippen LogP contribution is -2.39. The molecule has 1 saturated heterocycles. The number of rotatable bonds is 10. The highest BCUT2D eigenvalue weighted by molar-refractivity contribution is 8.03. The molecule has 3 heterocycles. The molecule has 1 aromatic heterocycles. The molecule has 0 spiro atoms. The van der Waals surface area contributed by atoms with Crippen LogP contribution in [0.5, 0.6) is 0 Å². The van der Waals surface area contributed by atoms with Gasteiger partial charge in [-0.3, -0.25) is 19.5 Å². The molecule has 2 fully saturated rings. The van der Waals surface area contributed by atoms with E-state index in [-0.39, 0.29) is 17.2 Å². The van der Waals surface area contributed by atoms with Crippen LogP contribution in [0.4, 0.5) is 23.4 Å². The predicted molar refractivity (Wildman–Crippen MR) is 188 cm³/mol. The molecule has 266 valence electrons. The van der Waals surface area contributed by atoms with Crippen molar-refractivity contribution in [3.63, 3.8) is 0 Å². The van der Waals surface area contributed by atoms with Gasteiger partial charge in [0.15, 0.2) is 6.29 Å². The van der Waals surface area contributed by atoms with Crippen molar-refractivity contribution in [2.24, 2.45) is 10.9 Å². The molecule has 0 unspecified atom stereocenters. The van der Waals surface area contributed by atoms with Crippen LogP contribution in [0.25, 0.3) is 5.70 Å². The van der Waals surface area contributed by atoms with Gasteiger partial charge in [0.2, 0.25) is 0 Å². The zero-order chi connectivity index (χ0) is 35.6. The Labute approximate surface area is 293 Å². The van der Waals surface area contributed by atoms with Crippen LogP contribution in [0, 0.1) is 11.7 Å². The maximum absolute atomic E-state index is 14.9. The fourth-order valence-corrected chi connectivity index (χ4v) is 7.69. The van der Waals surface area contributed by atoms with Crippen molar-refractivity contribution in [2.45, 2.75) is 63.6 Å². The predicted octanol–water partition coefficient (Wildman–Crippen LogP) is 7.94. The SMILES string of the molecule is C=N/C(=C(\SCNC)C1=CCN(C2CCCCC2)CC1)c1cccc(C(F)(F)F)c1F.O=Cc1cnc(N2CCC(C(=O)O)CC2)c(Cl)c1. The first kappa shape index (κ1) is 38.5. The Morgan fingerprint density at radius 3 is 2.45 bits per heavy atom. The maximum Gasteiger partial charge on any atom is 0.419 e. The van der Waals surface area contributed by atoms with E-state index < -0.39 is 23.5 Å². The quantitative estimate of drug-likeness (QED) is 0.110. The number of carboxylic acid groups (broad SMARTS) is 1. The first-order valence-electron chi connectivity index (χ1n) is 16.3. The number of carbonyl (C=O) groups excluding carboxylic acids is 1. The van der Waals surface area contributed by atoms with Gasteiger partial charge in [-0.15, -0.1) is 11.8 Å². The normalized spacial score (nSPS) is 18.6. The van der Waals surface area contributed by atoms with Crippen molar-refractivity contribution in [1.29, 1.82) is 0 Å². The van der Waals surface area contributed by atoms with Gasteiger partial charge in [0.25, 0.3) is 0 Å². The molecule has 2 N–H and O–H groups in total. The number of pyridine rings is 1. The molecule has 49 heavy (non-hydrogen) atoms. The van der Waals surface area contributed by atoms with E-state index in [0.29, 0.717) is 65.4 Å². The molecule has 2 aromatic rings. The van der Waals surface area contributed by atoms with Gasteiger partial charge in [0.05, 0.1) is 22.2 Å². The number of aliphatic carboxylic acids is 1. The minimum atomic E-state index is -4.77. The van der Waals surface area contributed by atoms with Gasteiger partial charge in [0, 0.05) is 60.3 Å². The number of hydrogen-bond donors (Lipinski definition) is 2. The molecule has 1 aliphatic carbocycles. The van der Waals surface area contributed by atoms with Gasteiger partial charge in [-0.05, 0) is 69.6 Å². The lowest BCUT2D eigenvalue weighted by atomic mass is 9.92. The van der Waals surface area contributed by atoms with Crippen LogP contribution < -0.4 is 10.2 Å². The molecule has 0 amide bonds. The molecule has 0 bridgehead atoms. The van der Waals surface area contributed by atoms with Gasteiger partial charge in [-0.25, -0.2) is 9.37 Å². The second-order valence-corrected chi connectivity index (χ2v) is 13.6. The molecule has 1 saturated carbocycles. The summed E-state index contributed by atoms with van der Waals surface area (Å²) in [5, 5.41) is 12.4. The number of thioether (sulfide) groups is 1. The highest BCUT2D eigenvalue weighted by Crippen LogP contribution is 2.40. The summed E-state index contributed by atoms with van der Waals surface area (Å²) in [4.78, 5) is 34.7. The summed E-state index contributed by atoms with van der Waals surface area (Å²) in [6, 6.07) is 5.48. The number of nitrogens with zero attached hydrogens (tertiary/aromatic N) is 4. The number of hydrogen-bond acceptors (Lipinski definition) is 8. The third-order valence-corrected chi connectivity index (χ3v) is 10.5. The van der Waals surface area contributed by atoms with Crippen LogP contribution in [-0.4, -0.2) is 79.1 Å². The second kappa shape index (κ2) is 18.1. The Balaban J connectivity index is 0.000000254. The number of alkyl halides is 3. The third-order valence-electron chi connectivity index (χ3n) is 9.04. The molecule has 0 atom stereocenters. The van der Waals surface area contributed by atoms with Gasteiger partial charge in [-0.2, -0.15) is 13.2 Å². The van der Waals surface area contributed by atoms with Crippen LogP contribution in [0.3, 0.4) is 0 Å². The van der Waals surface area contributed by atoms with Gasteiger partial charge < -0.3 is 15.3 Å². The van der Waals surface area contributed by atoms with Crippen LogP contribution in [0.2, 0.25) is 5.02 Å². The first-order chi connectivity index (χ1) is 23.5. The number of piperidine rings is 1. The Morgan fingerprint density at radius 2 is 1.90 bits per heavy atom. The Bertz CT molecular complexity index is 1540. The Kier molecular flexibility index (Phi) is 14.2. The second-order valence-electron chi connectivity index (χ2n) is 12.2. The molecule has 0 radical (unpaired) electrons. The van der Waals surface area contributed by atoms with Crippen molar-refractivity contribution in [2.75, 3.05) is 44.0 Å². The maximum atomic E-state index is 14.9. The van der Waals surface area contributed by atoms with E-state index in [9.17, 15) is 27.2 Å². The summed E-state index contributed by atoms with van der Waals surface area (Å²) in [7, 11) is 1.79. The number of anilines is 1. The molecule has 1 aromatic carbocycles. The molecular weight excluding hydrogens is 682 g/mol. The van der Waals surface area contributed by atoms with Crippen molar-refractivity contribution in [1.82, 2.24) is 15.2 Å². The largest absolute Gasteiger partial charge is 0.481 e. The number of allylic oxidation sites excluding steroid dienone is 1. The number of benzene rings is 1. The smallest absolute Gasteiger partial charge is 0.419 e. The summed E-state index contributed by atoms with van der Waals surface area (Å²) in [6.45, 7) is 6.46. The van der Waals surface area contributed by atoms with E-state index in [4.69, 9.17) is 16.7 Å². The highest BCUT2D eigenvalue weighted by Gasteiger charge is 2.36. The van der Waals surface area contributed by atoms with Crippen molar-refractivity contribution >= 4 is 53.9 Å².